The van der Waals surface area contributed by atoms with Crippen molar-refractivity contribution < 1.29 is 14.6 Å². The first-order valence-electron chi connectivity index (χ1n) is 5.69. The number of carbonyl (C=O) groups is 1. The summed E-state index contributed by atoms with van der Waals surface area (Å²) in [5.74, 6) is -0.291. The molecule has 0 spiro atoms. The van der Waals surface area contributed by atoms with E-state index in [1.807, 2.05) is 12.1 Å². The summed E-state index contributed by atoms with van der Waals surface area (Å²) < 4.78 is 5.16. The fourth-order valence-electron chi connectivity index (χ4n) is 2.56. The highest BCUT2D eigenvalue weighted by atomic mass is 35.5. The Balaban J connectivity index is 2.30. The Morgan fingerprint density at radius 3 is 2.88 bits per heavy atom. The van der Waals surface area contributed by atoms with E-state index in [4.69, 9.17) is 21.4 Å². The topological polar surface area (TPSA) is 46.5 Å². The molecule has 1 saturated carbocycles. The highest BCUT2D eigenvalue weighted by Gasteiger charge is 2.34. The standard InChI is InChI=1S/C13H15ClO3/c1-17-12-7-8(5-6-11(12)14)9-3-2-4-10(9)13(15)16/h5-7,9-10H,2-4H2,1H3,(H,15,16). The van der Waals surface area contributed by atoms with Crippen molar-refractivity contribution in [3.63, 3.8) is 0 Å². The van der Waals surface area contributed by atoms with Gasteiger partial charge in [-0.15, -0.1) is 0 Å². The van der Waals surface area contributed by atoms with Gasteiger partial charge < -0.3 is 9.84 Å². The van der Waals surface area contributed by atoms with Crippen LogP contribution in [0.1, 0.15) is 30.7 Å². The summed E-state index contributed by atoms with van der Waals surface area (Å²) >= 11 is 5.96. The molecule has 0 saturated heterocycles. The molecule has 1 aromatic rings. The van der Waals surface area contributed by atoms with Gasteiger partial charge in [0.2, 0.25) is 0 Å². The second-order valence-electron chi connectivity index (χ2n) is 4.38. The molecule has 0 aromatic heterocycles. The first kappa shape index (κ1) is 12.2. The summed E-state index contributed by atoms with van der Waals surface area (Å²) in [5.41, 5.74) is 1.01. The Morgan fingerprint density at radius 2 is 2.24 bits per heavy atom. The molecular formula is C13H15ClO3. The minimum atomic E-state index is -0.707. The number of halogens is 1. The predicted octanol–water partition coefficient (Wildman–Crippen LogP) is 3.32. The largest absolute Gasteiger partial charge is 0.495 e. The third kappa shape index (κ3) is 2.39. The Kier molecular flexibility index (Phi) is 3.57. The summed E-state index contributed by atoms with van der Waals surface area (Å²) in [6, 6.07) is 5.53. The maximum absolute atomic E-state index is 11.1. The first-order valence-corrected chi connectivity index (χ1v) is 6.07. The van der Waals surface area contributed by atoms with E-state index in [2.05, 4.69) is 0 Å². The van der Waals surface area contributed by atoms with Crippen molar-refractivity contribution in [1.29, 1.82) is 0 Å². The molecule has 0 aliphatic heterocycles. The Labute approximate surface area is 105 Å². The molecule has 1 N–H and O–H groups in total. The highest BCUT2D eigenvalue weighted by Crippen LogP contribution is 2.41. The summed E-state index contributed by atoms with van der Waals surface area (Å²) in [6.45, 7) is 0. The van der Waals surface area contributed by atoms with Crippen LogP contribution in [0.15, 0.2) is 18.2 Å². The molecule has 92 valence electrons. The second-order valence-corrected chi connectivity index (χ2v) is 4.78. The fourth-order valence-corrected chi connectivity index (χ4v) is 2.76. The van der Waals surface area contributed by atoms with Crippen LogP contribution >= 0.6 is 11.6 Å². The Morgan fingerprint density at radius 1 is 1.47 bits per heavy atom. The number of aliphatic carboxylic acids is 1. The SMILES string of the molecule is COc1cc(C2CCCC2C(=O)O)ccc1Cl. The molecule has 2 unspecified atom stereocenters. The van der Waals surface area contributed by atoms with Crippen LogP contribution in [0.3, 0.4) is 0 Å². The monoisotopic (exact) mass is 254 g/mol. The molecule has 1 aliphatic rings. The molecule has 0 radical (unpaired) electrons. The van der Waals surface area contributed by atoms with Crippen molar-refractivity contribution in [3.05, 3.63) is 28.8 Å². The zero-order chi connectivity index (χ0) is 12.4. The molecule has 0 bridgehead atoms. The lowest BCUT2D eigenvalue weighted by Gasteiger charge is -2.17. The quantitative estimate of drug-likeness (QED) is 0.900. The van der Waals surface area contributed by atoms with Gasteiger partial charge in [0, 0.05) is 0 Å². The van der Waals surface area contributed by atoms with Gasteiger partial charge in [0.1, 0.15) is 5.75 Å². The molecule has 1 aromatic carbocycles. The first-order chi connectivity index (χ1) is 8.13. The van der Waals surface area contributed by atoms with Crippen LogP contribution in [0, 0.1) is 5.92 Å². The number of hydrogen-bond donors (Lipinski definition) is 1. The normalized spacial score (nSPS) is 23.6. The zero-order valence-corrected chi connectivity index (χ0v) is 10.4. The van der Waals surface area contributed by atoms with Gasteiger partial charge >= 0.3 is 5.97 Å². The number of ether oxygens (including phenoxy) is 1. The molecule has 2 atom stereocenters. The molecule has 1 fully saturated rings. The van der Waals surface area contributed by atoms with Crippen LogP contribution < -0.4 is 4.74 Å². The van der Waals surface area contributed by atoms with E-state index in [-0.39, 0.29) is 11.8 Å². The smallest absolute Gasteiger partial charge is 0.307 e. The van der Waals surface area contributed by atoms with Crippen LogP contribution in [0.2, 0.25) is 5.02 Å². The van der Waals surface area contributed by atoms with Crippen LogP contribution in [-0.4, -0.2) is 18.2 Å². The van der Waals surface area contributed by atoms with Crippen LogP contribution in [0.25, 0.3) is 0 Å². The van der Waals surface area contributed by atoms with E-state index in [0.717, 1.165) is 24.8 Å². The maximum Gasteiger partial charge on any atom is 0.307 e. The van der Waals surface area contributed by atoms with Gasteiger partial charge in [0.05, 0.1) is 18.1 Å². The molecule has 17 heavy (non-hydrogen) atoms. The highest BCUT2D eigenvalue weighted by molar-refractivity contribution is 6.32. The third-order valence-electron chi connectivity index (χ3n) is 3.44. The minimum absolute atomic E-state index is 0.0821. The lowest BCUT2D eigenvalue weighted by atomic mass is 9.89. The van der Waals surface area contributed by atoms with Crippen molar-refractivity contribution in [2.45, 2.75) is 25.2 Å². The number of hydrogen-bond acceptors (Lipinski definition) is 2. The Hall–Kier alpha value is -1.22. The molecule has 4 heteroatoms. The van der Waals surface area contributed by atoms with E-state index in [0.29, 0.717) is 10.8 Å². The van der Waals surface area contributed by atoms with E-state index >= 15 is 0 Å². The second kappa shape index (κ2) is 4.96. The fraction of sp³-hybridized carbons (Fsp3) is 0.462. The van der Waals surface area contributed by atoms with Gasteiger partial charge in [-0.1, -0.05) is 24.1 Å². The molecule has 0 amide bonds. The van der Waals surface area contributed by atoms with Gasteiger partial charge in [-0.05, 0) is 36.5 Å². The number of carboxylic acids is 1. The molecule has 1 aliphatic carbocycles. The van der Waals surface area contributed by atoms with Crippen molar-refractivity contribution >= 4 is 17.6 Å². The number of carboxylic acid groups (broad SMARTS) is 1. The van der Waals surface area contributed by atoms with Gasteiger partial charge in [-0.25, -0.2) is 0 Å². The summed E-state index contributed by atoms with van der Waals surface area (Å²) in [4.78, 5) is 11.1. The zero-order valence-electron chi connectivity index (χ0n) is 9.65. The minimum Gasteiger partial charge on any atom is -0.495 e. The summed E-state index contributed by atoms with van der Waals surface area (Å²) in [6.07, 6.45) is 2.64. The van der Waals surface area contributed by atoms with E-state index < -0.39 is 5.97 Å². The van der Waals surface area contributed by atoms with Crippen molar-refractivity contribution in [2.75, 3.05) is 7.11 Å². The van der Waals surface area contributed by atoms with Crippen molar-refractivity contribution in [1.82, 2.24) is 0 Å². The average Bonchev–Trinajstić information content (AvgIpc) is 2.78. The number of rotatable bonds is 3. The van der Waals surface area contributed by atoms with Crippen LogP contribution in [0.4, 0.5) is 0 Å². The number of benzene rings is 1. The number of methoxy groups -OCH3 is 1. The van der Waals surface area contributed by atoms with Crippen LogP contribution in [0.5, 0.6) is 5.75 Å². The Bertz CT molecular complexity index is 431. The van der Waals surface area contributed by atoms with Gasteiger partial charge in [-0.3, -0.25) is 4.79 Å². The molecular weight excluding hydrogens is 240 g/mol. The van der Waals surface area contributed by atoms with Crippen LogP contribution in [-0.2, 0) is 4.79 Å². The van der Waals surface area contributed by atoms with Gasteiger partial charge in [0.25, 0.3) is 0 Å². The molecule has 0 heterocycles. The van der Waals surface area contributed by atoms with Gasteiger partial charge in [-0.2, -0.15) is 0 Å². The third-order valence-corrected chi connectivity index (χ3v) is 3.75. The van der Waals surface area contributed by atoms with E-state index in [9.17, 15) is 4.79 Å². The molecule has 2 rings (SSSR count). The van der Waals surface area contributed by atoms with Crippen molar-refractivity contribution in [2.24, 2.45) is 5.92 Å². The molecule has 3 nitrogen and oxygen atoms in total. The van der Waals surface area contributed by atoms with E-state index in [1.165, 1.54) is 0 Å². The lowest BCUT2D eigenvalue weighted by molar-refractivity contribution is -0.142. The van der Waals surface area contributed by atoms with E-state index in [1.54, 1.807) is 13.2 Å². The average molecular weight is 255 g/mol. The van der Waals surface area contributed by atoms with Crippen molar-refractivity contribution in [3.8, 4) is 5.75 Å². The summed E-state index contributed by atoms with van der Waals surface area (Å²) in [7, 11) is 1.56. The lowest BCUT2D eigenvalue weighted by Crippen LogP contribution is -2.16. The summed E-state index contributed by atoms with van der Waals surface area (Å²) in [5, 5.41) is 9.73. The maximum atomic E-state index is 11.1. The predicted molar refractivity (Wildman–Crippen MR) is 65.7 cm³/mol. The van der Waals surface area contributed by atoms with Gasteiger partial charge in [0.15, 0.2) is 0 Å².